The predicted octanol–water partition coefficient (Wildman–Crippen LogP) is 2.40. The van der Waals surface area contributed by atoms with Gasteiger partial charge in [-0.05, 0) is 51.2 Å². The molecule has 0 aromatic carbocycles. The van der Waals surface area contributed by atoms with Gasteiger partial charge in [0.1, 0.15) is 0 Å². The molecule has 0 amide bonds. The molecule has 0 unspecified atom stereocenters. The normalized spacial score (nSPS) is 18.5. The fraction of sp³-hybridized carbons (Fsp3) is 0.909. The summed E-state index contributed by atoms with van der Waals surface area (Å²) in [7, 11) is 0. The van der Waals surface area contributed by atoms with Crippen molar-refractivity contribution in [1.29, 1.82) is 0 Å². The lowest BCUT2D eigenvalue weighted by atomic mass is 9.99. The first-order valence-corrected chi connectivity index (χ1v) is 5.62. The molecule has 0 aliphatic carbocycles. The molecule has 4 heteroatoms. The lowest BCUT2D eigenvalue weighted by Gasteiger charge is -2.29. The number of hydrogen-bond donors (Lipinski definition) is 1. The van der Waals surface area contributed by atoms with Crippen molar-refractivity contribution in [2.75, 3.05) is 19.6 Å². The van der Waals surface area contributed by atoms with Gasteiger partial charge in [0.25, 0.3) is 0 Å². The number of hydrogen-bond acceptors (Lipinski definition) is 2. The molecule has 0 aromatic heterocycles. The molecule has 0 bridgehead atoms. The predicted molar refractivity (Wildman–Crippen MR) is 63.6 cm³/mol. The molecule has 1 rings (SSSR count). The summed E-state index contributed by atoms with van der Waals surface area (Å²) in [6.45, 7) is 5.80. The average Bonchev–Trinajstić information content (AvgIpc) is 2.15. The standard InChI is InChI=1S/C11H21NO2.ClH/c1-10-5-8-12(9-6-10)7-3-2-4-11(13)14;/h10H,2-9H2,1H3,(H,13,14);1H. The molecule has 0 radical (unpaired) electrons. The molecule has 1 heterocycles. The van der Waals surface area contributed by atoms with Crippen LogP contribution in [0.1, 0.15) is 39.0 Å². The van der Waals surface area contributed by atoms with E-state index in [1.165, 1.54) is 25.9 Å². The Morgan fingerprint density at radius 1 is 1.33 bits per heavy atom. The summed E-state index contributed by atoms with van der Waals surface area (Å²) in [5.41, 5.74) is 0. The fourth-order valence-electron chi connectivity index (χ4n) is 1.90. The number of halogens is 1. The Morgan fingerprint density at radius 3 is 2.47 bits per heavy atom. The highest BCUT2D eigenvalue weighted by molar-refractivity contribution is 5.85. The topological polar surface area (TPSA) is 40.5 Å². The third-order valence-electron chi connectivity index (χ3n) is 2.99. The fourth-order valence-corrected chi connectivity index (χ4v) is 1.90. The van der Waals surface area contributed by atoms with Crippen molar-refractivity contribution < 1.29 is 9.90 Å². The SMILES string of the molecule is CC1CCN(CCCCC(=O)O)CC1.Cl. The van der Waals surface area contributed by atoms with Gasteiger partial charge in [0, 0.05) is 6.42 Å². The number of carbonyl (C=O) groups is 1. The first kappa shape index (κ1) is 14.7. The Balaban J connectivity index is 0.00000196. The second-order valence-electron chi connectivity index (χ2n) is 4.38. The maximum Gasteiger partial charge on any atom is 0.303 e. The molecule has 0 aromatic rings. The summed E-state index contributed by atoms with van der Waals surface area (Å²) in [6, 6.07) is 0. The van der Waals surface area contributed by atoms with Crippen LogP contribution in [0.2, 0.25) is 0 Å². The van der Waals surface area contributed by atoms with Gasteiger partial charge in [0.15, 0.2) is 0 Å². The Kier molecular flexibility index (Phi) is 7.79. The van der Waals surface area contributed by atoms with Gasteiger partial charge in [0.2, 0.25) is 0 Å². The first-order chi connectivity index (χ1) is 6.68. The van der Waals surface area contributed by atoms with E-state index >= 15 is 0 Å². The molecular formula is C11H22ClNO2. The zero-order valence-electron chi connectivity index (χ0n) is 9.45. The van der Waals surface area contributed by atoms with E-state index in [9.17, 15) is 4.79 Å². The van der Waals surface area contributed by atoms with E-state index < -0.39 is 5.97 Å². The van der Waals surface area contributed by atoms with Crippen molar-refractivity contribution in [3.8, 4) is 0 Å². The van der Waals surface area contributed by atoms with Crippen molar-refractivity contribution in [3.05, 3.63) is 0 Å². The van der Waals surface area contributed by atoms with Crippen molar-refractivity contribution in [3.63, 3.8) is 0 Å². The summed E-state index contributed by atoms with van der Waals surface area (Å²) in [6.07, 6.45) is 4.78. The summed E-state index contributed by atoms with van der Waals surface area (Å²) < 4.78 is 0. The number of nitrogens with zero attached hydrogens (tertiary/aromatic N) is 1. The second-order valence-corrected chi connectivity index (χ2v) is 4.38. The van der Waals surface area contributed by atoms with Gasteiger partial charge < -0.3 is 10.0 Å². The number of likely N-dealkylation sites (tertiary alicyclic amines) is 1. The minimum Gasteiger partial charge on any atom is -0.481 e. The molecule has 1 saturated heterocycles. The largest absolute Gasteiger partial charge is 0.481 e. The molecule has 1 aliphatic rings. The van der Waals surface area contributed by atoms with Gasteiger partial charge in [-0.3, -0.25) is 4.79 Å². The van der Waals surface area contributed by atoms with Crippen LogP contribution in [0, 0.1) is 5.92 Å². The minimum atomic E-state index is -0.669. The van der Waals surface area contributed by atoms with Gasteiger partial charge in [-0.2, -0.15) is 0 Å². The van der Waals surface area contributed by atoms with Gasteiger partial charge in [-0.25, -0.2) is 0 Å². The summed E-state index contributed by atoms with van der Waals surface area (Å²) in [5.74, 6) is 0.211. The van der Waals surface area contributed by atoms with Gasteiger partial charge in [0.05, 0.1) is 0 Å². The highest BCUT2D eigenvalue weighted by Crippen LogP contribution is 2.16. The van der Waals surface area contributed by atoms with E-state index in [2.05, 4.69) is 11.8 Å². The van der Waals surface area contributed by atoms with Gasteiger partial charge >= 0.3 is 5.97 Å². The molecule has 0 saturated carbocycles. The smallest absolute Gasteiger partial charge is 0.303 e. The van der Waals surface area contributed by atoms with E-state index in [4.69, 9.17) is 5.11 Å². The first-order valence-electron chi connectivity index (χ1n) is 5.62. The van der Waals surface area contributed by atoms with E-state index in [-0.39, 0.29) is 12.4 Å². The summed E-state index contributed by atoms with van der Waals surface area (Å²) >= 11 is 0. The van der Waals surface area contributed by atoms with Gasteiger partial charge in [-0.15, -0.1) is 12.4 Å². The van der Waals surface area contributed by atoms with Crippen molar-refractivity contribution in [2.45, 2.75) is 39.0 Å². The Hall–Kier alpha value is -0.280. The van der Waals surface area contributed by atoms with Crippen LogP contribution in [0.4, 0.5) is 0 Å². The van der Waals surface area contributed by atoms with Crippen LogP contribution in [0.25, 0.3) is 0 Å². The van der Waals surface area contributed by atoms with Crippen molar-refractivity contribution in [1.82, 2.24) is 4.90 Å². The summed E-state index contributed by atoms with van der Waals surface area (Å²) in [4.78, 5) is 12.7. The number of rotatable bonds is 5. The molecule has 3 nitrogen and oxygen atoms in total. The highest BCUT2D eigenvalue weighted by atomic mass is 35.5. The maximum absolute atomic E-state index is 10.3. The number of carboxylic acid groups (broad SMARTS) is 1. The Labute approximate surface area is 98.3 Å². The van der Waals surface area contributed by atoms with Crippen LogP contribution in [0.5, 0.6) is 0 Å². The molecule has 15 heavy (non-hydrogen) atoms. The van der Waals surface area contributed by atoms with E-state index in [0.29, 0.717) is 6.42 Å². The molecule has 0 spiro atoms. The maximum atomic E-state index is 10.3. The highest BCUT2D eigenvalue weighted by Gasteiger charge is 2.14. The lowest BCUT2D eigenvalue weighted by Crippen LogP contribution is -2.33. The lowest BCUT2D eigenvalue weighted by molar-refractivity contribution is -0.137. The van der Waals surface area contributed by atoms with Crippen LogP contribution in [0.3, 0.4) is 0 Å². The van der Waals surface area contributed by atoms with E-state index in [1.54, 1.807) is 0 Å². The van der Waals surface area contributed by atoms with Crippen LogP contribution < -0.4 is 0 Å². The second kappa shape index (κ2) is 7.94. The number of piperidine rings is 1. The number of carboxylic acids is 1. The molecule has 1 N–H and O–H groups in total. The third kappa shape index (κ3) is 6.74. The molecular weight excluding hydrogens is 214 g/mol. The molecule has 0 atom stereocenters. The summed E-state index contributed by atoms with van der Waals surface area (Å²) in [5, 5.41) is 8.47. The van der Waals surface area contributed by atoms with Crippen molar-refractivity contribution in [2.24, 2.45) is 5.92 Å². The molecule has 1 aliphatic heterocycles. The average molecular weight is 236 g/mol. The van der Waals surface area contributed by atoms with E-state index in [1.807, 2.05) is 0 Å². The van der Waals surface area contributed by atoms with Crippen molar-refractivity contribution >= 4 is 18.4 Å². The van der Waals surface area contributed by atoms with E-state index in [0.717, 1.165) is 25.3 Å². The molecule has 1 fully saturated rings. The quantitative estimate of drug-likeness (QED) is 0.744. The monoisotopic (exact) mass is 235 g/mol. The van der Waals surface area contributed by atoms with Crippen LogP contribution in [-0.2, 0) is 4.79 Å². The zero-order valence-corrected chi connectivity index (χ0v) is 10.3. The Bertz CT molecular complexity index is 179. The van der Waals surface area contributed by atoms with Crippen LogP contribution in [0.15, 0.2) is 0 Å². The van der Waals surface area contributed by atoms with Gasteiger partial charge in [-0.1, -0.05) is 6.92 Å². The minimum absolute atomic E-state index is 0. The number of aliphatic carboxylic acids is 1. The Morgan fingerprint density at radius 2 is 1.93 bits per heavy atom. The van der Waals surface area contributed by atoms with Crippen LogP contribution in [-0.4, -0.2) is 35.6 Å². The van der Waals surface area contributed by atoms with Crippen LogP contribution >= 0.6 is 12.4 Å². The zero-order chi connectivity index (χ0) is 10.4. The third-order valence-corrected chi connectivity index (χ3v) is 2.99. The molecule has 90 valence electrons. The number of unbranched alkanes of at least 4 members (excludes halogenated alkanes) is 1.